The molecule has 1 aliphatic heterocycles. The molecular weight excluding hydrogens is 194 g/mol. The third kappa shape index (κ3) is 2.43. The van der Waals surface area contributed by atoms with Crippen molar-refractivity contribution in [2.24, 2.45) is 5.92 Å². The molecule has 4 nitrogen and oxygen atoms in total. The predicted molar refractivity (Wildman–Crippen MR) is 55.6 cm³/mol. The molecule has 15 heavy (non-hydrogen) atoms. The Balaban J connectivity index is 1.95. The van der Waals surface area contributed by atoms with Gasteiger partial charge in [0, 0.05) is 7.11 Å². The standard InChI is InChI=1S/C11H19NO3/c1-14-7-9-10(15-11(13)12-9)8-5-3-2-4-6-8/h8-10H,2-7H2,1H3,(H,12,13)/t9-,10-/m0/s1. The number of alkyl carbamates (subject to hydrolysis) is 1. The monoisotopic (exact) mass is 213 g/mol. The van der Waals surface area contributed by atoms with Crippen LogP contribution in [-0.2, 0) is 9.47 Å². The van der Waals surface area contributed by atoms with Gasteiger partial charge in [0.05, 0.1) is 12.6 Å². The van der Waals surface area contributed by atoms with Crippen molar-refractivity contribution in [2.75, 3.05) is 13.7 Å². The molecule has 1 saturated carbocycles. The van der Waals surface area contributed by atoms with Crippen molar-refractivity contribution in [3.63, 3.8) is 0 Å². The second-order valence-electron chi connectivity index (χ2n) is 4.47. The van der Waals surface area contributed by atoms with Crippen molar-refractivity contribution in [3.05, 3.63) is 0 Å². The van der Waals surface area contributed by atoms with Crippen molar-refractivity contribution in [3.8, 4) is 0 Å². The molecule has 2 fully saturated rings. The van der Waals surface area contributed by atoms with Crippen LogP contribution in [0.3, 0.4) is 0 Å². The van der Waals surface area contributed by atoms with Crippen LogP contribution < -0.4 is 5.32 Å². The average Bonchev–Trinajstić information content (AvgIpc) is 2.62. The van der Waals surface area contributed by atoms with Crippen LogP contribution in [0.1, 0.15) is 32.1 Å². The third-order valence-corrected chi connectivity index (χ3v) is 3.40. The van der Waals surface area contributed by atoms with E-state index in [9.17, 15) is 4.79 Å². The zero-order valence-electron chi connectivity index (χ0n) is 9.20. The molecular formula is C11H19NO3. The maximum Gasteiger partial charge on any atom is 0.407 e. The molecule has 1 heterocycles. The SMILES string of the molecule is COC[C@@H]1NC(=O)O[C@H]1C1CCCCC1. The van der Waals surface area contributed by atoms with Gasteiger partial charge in [0.15, 0.2) is 0 Å². The zero-order valence-corrected chi connectivity index (χ0v) is 9.20. The summed E-state index contributed by atoms with van der Waals surface area (Å²) >= 11 is 0. The number of ether oxygens (including phenoxy) is 2. The van der Waals surface area contributed by atoms with E-state index < -0.39 is 0 Å². The molecule has 2 atom stereocenters. The minimum absolute atomic E-state index is 0.0257. The van der Waals surface area contributed by atoms with Gasteiger partial charge in [-0.25, -0.2) is 4.79 Å². The second-order valence-corrected chi connectivity index (χ2v) is 4.47. The summed E-state index contributed by atoms with van der Waals surface area (Å²) in [6.45, 7) is 0.549. The summed E-state index contributed by atoms with van der Waals surface area (Å²) in [6.07, 6.45) is 5.95. The highest BCUT2D eigenvalue weighted by Gasteiger charge is 2.39. The minimum atomic E-state index is -0.285. The lowest BCUT2D eigenvalue weighted by atomic mass is 9.83. The van der Waals surface area contributed by atoms with Crippen LogP contribution in [-0.4, -0.2) is 32.0 Å². The molecule has 1 amide bonds. The van der Waals surface area contributed by atoms with Gasteiger partial charge in [-0.05, 0) is 18.8 Å². The van der Waals surface area contributed by atoms with E-state index in [4.69, 9.17) is 9.47 Å². The van der Waals surface area contributed by atoms with Gasteiger partial charge >= 0.3 is 6.09 Å². The third-order valence-electron chi connectivity index (χ3n) is 3.40. The first-order valence-electron chi connectivity index (χ1n) is 5.77. The Kier molecular flexibility index (Phi) is 3.46. The summed E-state index contributed by atoms with van der Waals surface area (Å²) < 4.78 is 10.4. The van der Waals surface area contributed by atoms with E-state index in [2.05, 4.69) is 5.32 Å². The van der Waals surface area contributed by atoms with E-state index in [1.165, 1.54) is 32.1 Å². The van der Waals surface area contributed by atoms with E-state index in [0.717, 1.165) is 0 Å². The Morgan fingerprint density at radius 3 is 2.80 bits per heavy atom. The number of carbonyl (C=O) groups excluding carboxylic acids is 1. The number of rotatable bonds is 3. The first-order chi connectivity index (χ1) is 7.31. The van der Waals surface area contributed by atoms with Crippen molar-refractivity contribution < 1.29 is 14.3 Å². The lowest BCUT2D eigenvalue weighted by Gasteiger charge is -2.28. The normalized spacial score (nSPS) is 32.5. The molecule has 0 radical (unpaired) electrons. The van der Waals surface area contributed by atoms with E-state index in [-0.39, 0.29) is 18.2 Å². The summed E-state index contributed by atoms with van der Waals surface area (Å²) in [4.78, 5) is 11.2. The lowest BCUT2D eigenvalue weighted by molar-refractivity contribution is 0.0530. The number of carbonyl (C=O) groups is 1. The van der Waals surface area contributed by atoms with Crippen LogP contribution in [0.2, 0.25) is 0 Å². The molecule has 1 saturated heterocycles. The second kappa shape index (κ2) is 4.84. The predicted octanol–water partition coefficient (Wildman–Crippen LogP) is 1.69. The van der Waals surface area contributed by atoms with Crippen molar-refractivity contribution in [1.82, 2.24) is 5.32 Å². The van der Waals surface area contributed by atoms with Crippen molar-refractivity contribution in [2.45, 2.75) is 44.2 Å². The maximum atomic E-state index is 11.2. The van der Waals surface area contributed by atoms with Crippen LogP contribution in [0.5, 0.6) is 0 Å². The highest BCUT2D eigenvalue weighted by molar-refractivity contribution is 5.70. The molecule has 0 bridgehead atoms. The van der Waals surface area contributed by atoms with Crippen LogP contribution in [0, 0.1) is 5.92 Å². The van der Waals surface area contributed by atoms with Crippen LogP contribution in [0.15, 0.2) is 0 Å². The van der Waals surface area contributed by atoms with Gasteiger partial charge in [-0.2, -0.15) is 0 Å². The highest BCUT2D eigenvalue weighted by atomic mass is 16.6. The van der Waals surface area contributed by atoms with E-state index >= 15 is 0 Å². The molecule has 0 spiro atoms. The molecule has 0 unspecified atom stereocenters. The zero-order chi connectivity index (χ0) is 10.7. The number of nitrogens with one attached hydrogen (secondary N) is 1. The topological polar surface area (TPSA) is 47.6 Å². The van der Waals surface area contributed by atoms with Gasteiger partial charge in [-0.1, -0.05) is 19.3 Å². The van der Waals surface area contributed by atoms with Crippen LogP contribution in [0.4, 0.5) is 4.79 Å². The fraction of sp³-hybridized carbons (Fsp3) is 0.909. The Bertz CT molecular complexity index is 226. The summed E-state index contributed by atoms with van der Waals surface area (Å²) in [5.74, 6) is 0.526. The van der Waals surface area contributed by atoms with Crippen molar-refractivity contribution >= 4 is 6.09 Å². The fourth-order valence-corrected chi connectivity index (χ4v) is 2.68. The van der Waals surface area contributed by atoms with E-state index in [1.54, 1.807) is 7.11 Å². The summed E-state index contributed by atoms with van der Waals surface area (Å²) in [7, 11) is 1.66. The summed E-state index contributed by atoms with van der Waals surface area (Å²) in [5, 5.41) is 2.82. The maximum absolute atomic E-state index is 11.2. The first-order valence-corrected chi connectivity index (χ1v) is 5.77. The number of hydrogen-bond donors (Lipinski definition) is 1. The van der Waals surface area contributed by atoms with Gasteiger partial charge in [0.2, 0.25) is 0 Å². The Morgan fingerprint density at radius 1 is 1.40 bits per heavy atom. The van der Waals surface area contributed by atoms with Crippen LogP contribution in [0.25, 0.3) is 0 Å². The summed E-state index contributed by atoms with van der Waals surface area (Å²) in [6, 6.07) is 0.0469. The van der Waals surface area contributed by atoms with E-state index in [1.807, 2.05) is 0 Å². The van der Waals surface area contributed by atoms with Gasteiger partial charge in [-0.3, -0.25) is 0 Å². The molecule has 1 aliphatic carbocycles. The summed E-state index contributed by atoms with van der Waals surface area (Å²) in [5.41, 5.74) is 0. The van der Waals surface area contributed by atoms with Crippen LogP contribution >= 0.6 is 0 Å². The Hall–Kier alpha value is -0.770. The molecule has 0 aromatic carbocycles. The molecule has 4 heteroatoms. The van der Waals surface area contributed by atoms with Gasteiger partial charge < -0.3 is 14.8 Å². The number of hydrogen-bond acceptors (Lipinski definition) is 3. The smallest absolute Gasteiger partial charge is 0.407 e. The average molecular weight is 213 g/mol. The Labute approximate surface area is 90.3 Å². The molecule has 1 N–H and O–H groups in total. The Morgan fingerprint density at radius 2 is 2.13 bits per heavy atom. The molecule has 2 aliphatic rings. The largest absolute Gasteiger partial charge is 0.444 e. The highest BCUT2D eigenvalue weighted by Crippen LogP contribution is 2.31. The van der Waals surface area contributed by atoms with Gasteiger partial charge in [0.1, 0.15) is 6.10 Å². The fourth-order valence-electron chi connectivity index (χ4n) is 2.68. The lowest BCUT2D eigenvalue weighted by Crippen LogP contribution is -2.40. The molecule has 0 aromatic rings. The number of methoxy groups -OCH3 is 1. The van der Waals surface area contributed by atoms with E-state index in [0.29, 0.717) is 12.5 Å². The van der Waals surface area contributed by atoms with Crippen molar-refractivity contribution in [1.29, 1.82) is 0 Å². The number of amides is 1. The van der Waals surface area contributed by atoms with Gasteiger partial charge in [0.25, 0.3) is 0 Å². The number of cyclic esters (lactones) is 1. The molecule has 86 valence electrons. The quantitative estimate of drug-likeness (QED) is 0.776. The molecule has 0 aromatic heterocycles. The molecule has 2 rings (SSSR count). The first kappa shape index (κ1) is 10.7. The minimum Gasteiger partial charge on any atom is -0.444 e. The van der Waals surface area contributed by atoms with Gasteiger partial charge in [-0.15, -0.1) is 0 Å².